The molecule has 4 aromatic carbocycles. The number of benzene rings is 4. The number of nitrogens with zero attached hydrogens (tertiary/aromatic N) is 4. The van der Waals surface area contributed by atoms with Gasteiger partial charge >= 0.3 is 5.97 Å². The summed E-state index contributed by atoms with van der Waals surface area (Å²) in [5.74, 6) is -2.26. The van der Waals surface area contributed by atoms with Crippen molar-refractivity contribution in [2.24, 2.45) is 26.4 Å². The molecule has 0 saturated heterocycles. The molecule has 0 bridgehead atoms. The minimum atomic E-state index is -5.17. The van der Waals surface area contributed by atoms with Crippen molar-refractivity contribution >= 4 is 86.5 Å². The second kappa shape index (κ2) is 15.4. The molecular weight excluding hydrogens is 785 g/mol. The lowest BCUT2D eigenvalue weighted by Gasteiger charge is -2.18. The standard InChI is InChI=1S/C33H30N6O13S3/c1-3-30(40)52-11-10-35-33(42)18-4-7-25(17(2)12-18)36-37-26-8-9-27(23-15-20(53(43,44)45)5-6-21(23)26)38-39-31-29(55(49,50)51)14-19-13-28(54(46,47)48)24(34)16-22(19)32(31)41/h3-9,12-17,25,41H,1,10-11,34H2,2H3,(H,35,42)(H,43,44,45)(H,46,47,48)(H,49,50,51). The Labute approximate surface area is 312 Å². The molecule has 0 aromatic heterocycles. The van der Waals surface area contributed by atoms with Crippen molar-refractivity contribution in [3.05, 3.63) is 85.0 Å². The summed E-state index contributed by atoms with van der Waals surface area (Å²) >= 11 is 0. The molecule has 1 amide bonds. The van der Waals surface area contributed by atoms with E-state index in [0.29, 0.717) is 5.57 Å². The van der Waals surface area contributed by atoms with Crippen molar-refractivity contribution in [3.63, 3.8) is 0 Å². The van der Waals surface area contributed by atoms with E-state index in [1.165, 1.54) is 18.2 Å². The number of carbonyl (C=O) groups is 2. The highest BCUT2D eigenvalue weighted by Crippen LogP contribution is 2.44. The number of nitrogen functional groups attached to an aromatic ring is 1. The van der Waals surface area contributed by atoms with Gasteiger partial charge in [-0.05, 0) is 47.9 Å². The average molecular weight is 815 g/mol. The van der Waals surface area contributed by atoms with E-state index < -0.39 is 80.1 Å². The lowest BCUT2D eigenvalue weighted by atomic mass is 9.93. The van der Waals surface area contributed by atoms with Crippen molar-refractivity contribution in [1.82, 2.24) is 5.32 Å². The van der Waals surface area contributed by atoms with Crippen LogP contribution in [0.4, 0.5) is 22.7 Å². The van der Waals surface area contributed by atoms with E-state index in [1.54, 1.807) is 25.2 Å². The Kier molecular flexibility index (Phi) is 11.3. The topological polar surface area (TPSA) is 314 Å². The van der Waals surface area contributed by atoms with Gasteiger partial charge in [0.1, 0.15) is 22.1 Å². The number of nitrogens with one attached hydrogen (secondary N) is 1. The number of amides is 1. The molecule has 1 aliphatic rings. The van der Waals surface area contributed by atoms with Crippen LogP contribution in [-0.4, -0.2) is 75.1 Å². The molecule has 0 fully saturated rings. The first-order chi connectivity index (χ1) is 25.7. The monoisotopic (exact) mass is 814 g/mol. The third-order valence-corrected chi connectivity index (χ3v) is 10.7. The van der Waals surface area contributed by atoms with Gasteiger partial charge in [-0.1, -0.05) is 37.8 Å². The fourth-order valence-corrected chi connectivity index (χ4v) is 7.16. The van der Waals surface area contributed by atoms with Crippen LogP contribution in [0.25, 0.3) is 21.5 Å². The highest BCUT2D eigenvalue weighted by atomic mass is 32.2. The number of hydrogen-bond donors (Lipinski definition) is 6. The molecule has 4 aromatic rings. The molecule has 22 heteroatoms. The lowest BCUT2D eigenvalue weighted by Crippen LogP contribution is -2.30. The molecule has 5 rings (SSSR count). The quantitative estimate of drug-likeness (QED) is 0.0278. The van der Waals surface area contributed by atoms with Crippen LogP contribution >= 0.6 is 0 Å². The number of anilines is 1. The maximum atomic E-state index is 12.6. The number of ether oxygens (including phenoxy) is 1. The SMILES string of the molecule is C=CC(=O)OCCNC(=O)C1=CC(C)C(N=Nc2ccc(N=Nc3c(S(=O)(=O)O)cc4cc(S(=O)(=O)O)c(N)cc4c3O)c3cc(S(=O)(=O)O)ccc23)C=C1. The largest absolute Gasteiger partial charge is 0.505 e. The lowest BCUT2D eigenvalue weighted by molar-refractivity contribution is -0.138. The fourth-order valence-electron chi connectivity index (χ4n) is 5.36. The number of aromatic hydroxyl groups is 1. The molecule has 1 aliphatic carbocycles. The molecule has 0 spiro atoms. The van der Waals surface area contributed by atoms with E-state index in [0.717, 1.165) is 36.4 Å². The molecule has 0 saturated carbocycles. The summed E-state index contributed by atoms with van der Waals surface area (Å²) in [7, 11) is -14.8. The van der Waals surface area contributed by atoms with Crippen molar-refractivity contribution in [2.75, 3.05) is 18.9 Å². The number of nitrogens with two attached hydrogens (primary N) is 1. The second-order valence-corrected chi connectivity index (χ2v) is 16.0. The molecule has 0 aliphatic heterocycles. The van der Waals surface area contributed by atoms with E-state index in [1.807, 2.05) is 0 Å². The summed E-state index contributed by atoms with van der Waals surface area (Å²) in [5, 5.41) is 29.9. The van der Waals surface area contributed by atoms with Gasteiger partial charge in [0.2, 0.25) is 0 Å². The number of phenolic OH excluding ortho intramolecular Hbond substituents is 1. The van der Waals surface area contributed by atoms with Crippen LogP contribution in [-0.2, 0) is 44.7 Å². The van der Waals surface area contributed by atoms with E-state index >= 15 is 0 Å². The summed E-state index contributed by atoms with van der Waals surface area (Å²) in [6.45, 7) is 5.10. The van der Waals surface area contributed by atoms with E-state index in [-0.39, 0.29) is 52.0 Å². The van der Waals surface area contributed by atoms with Crippen LogP contribution in [0.15, 0.2) is 120 Å². The zero-order chi connectivity index (χ0) is 40.5. The van der Waals surface area contributed by atoms with Crippen molar-refractivity contribution in [3.8, 4) is 5.75 Å². The van der Waals surface area contributed by atoms with Gasteiger partial charge in [-0.3, -0.25) is 18.5 Å². The van der Waals surface area contributed by atoms with Crippen LogP contribution in [0.2, 0.25) is 0 Å². The number of rotatable bonds is 12. The third kappa shape index (κ3) is 9.08. The van der Waals surface area contributed by atoms with Gasteiger partial charge < -0.3 is 20.9 Å². The van der Waals surface area contributed by atoms with Gasteiger partial charge in [-0.15, -0.1) is 10.2 Å². The minimum absolute atomic E-state index is 0.0101. The number of phenols is 1. The van der Waals surface area contributed by atoms with Crippen LogP contribution in [0.1, 0.15) is 6.92 Å². The number of fused-ring (bicyclic) bond motifs is 2. The Morgan fingerprint density at radius 1 is 0.873 bits per heavy atom. The molecule has 288 valence electrons. The van der Waals surface area contributed by atoms with Crippen LogP contribution in [0.5, 0.6) is 5.75 Å². The van der Waals surface area contributed by atoms with Crippen LogP contribution < -0.4 is 11.1 Å². The summed E-state index contributed by atoms with van der Waals surface area (Å²) in [4.78, 5) is 21.3. The summed E-state index contributed by atoms with van der Waals surface area (Å²) < 4.78 is 106. The third-order valence-electron chi connectivity index (χ3n) is 8.05. The molecule has 0 heterocycles. The summed E-state index contributed by atoms with van der Waals surface area (Å²) in [6, 6.07) is 8.05. The fraction of sp³-hybridized carbons (Fsp3) is 0.152. The summed E-state index contributed by atoms with van der Waals surface area (Å²) in [5.41, 5.74) is 4.81. The Bertz CT molecular complexity index is 2750. The molecule has 55 heavy (non-hydrogen) atoms. The number of hydrogen-bond acceptors (Lipinski definition) is 15. The maximum Gasteiger partial charge on any atom is 0.330 e. The number of azo groups is 2. The molecular formula is C33H30N6O13S3. The second-order valence-electron chi connectivity index (χ2n) is 11.8. The van der Waals surface area contributed by atoms with Crippen LogP contribution in [0, 0.1) is 5.92 Å². The van der Waals surface area contributed by atoms with E-state index in [9.17, 15) is 53.6 Å². The summed E-state index contributed by atoms with van der Waals surface area (Å²) in [6.07, 6.45) is 5.85. The van der Waals surface area contributed by atoms with Gasteiger partial charge in [-0.25, -0.2) is 4.79 Å². The van der Waals surface area contributed by atoms with Gasteiger partial charge in [-0.2, -0.15) is 35.5 Å². The molecule has 0 radical (unpaired) electrons. The molecule has 7 N–H and O–H groups in total. The Morgan fingerprint density at radius 3 is 2.15 bits per heavy atom. The van der Waals surface area contributed by atoms with Gasteiger partial charge in [0.15, 0.2) is 5.75 Å². The number of esters is 1. The van der Waals surface area contributed by atoms with E-state index in [2.05, 4.69) is 32.4 Å². The molecule has 2 atom stereocenters. The predicted molar refractivity (Wildman–Crippen MR) is 196 cm³/mol. The van der Waals surface area contributed by atoms with Gasteiger partial charge in [0.25, 0.3) is 36.3 Å². The average Bonchev–Trinajstić information content (AvgIpc) is 3.10. The maximum absolute atomic E-state index is 12.6. The first-order valence-corrected chi connectivity index (χ1v) is 19.9. The first-order valence-electron chi connectivity index (χ1n) is 15.6. The Morgan fingerprint density at radius 2 is 1.53 bits per heavy atom. The predicted octanol–water partition coefficient (Wildman–Crippen LogP) is 4.87. The van der Waals surface area contributed by atoms with E-state index in [4.69, 9.17) is 10.5 Å². The highest BCUT2D eigenvalue weighted by Gasteiger charge is 2.25. The zero-order valence-corrected chi connectivity index (χ0v) is 30.7. The molecule has 19 nitrogen and oxygen atoms in total. The normalized spacial score (nSPS) is 16.5. The highest BCUT2D eigenvalue weighted by molar-refractivity contribution is 7.86. The minimum Gasteiger partial charge on any atom is -0.505 e. The smallest absolute Gasteiger partial charge is 0.330 e. The van der Waals surface area contributed by atoms with Crippen molar-refractivity contribution in [1.29, 1.82) is 0 Å². The van der Waals surface area contributed by atoms with Gasteiger partial charge in [0, 0.05) is 33.7 Å². The van der Waals surface area contributed by atoms with Gasteiger partial charge in [0.05, 0.1) is 34.5 Å². The van der Waals surface area contributed by atoms with Crippen molar-refractivity contribution in [2.45, 2.75) is 27.7 Å². The Balaban J connectivity index is 1.51. The van der Waals surface area contributed by atoms with Crippen molar-refractivity contribution < 1.29 is 58.3 Å². The first kappa shape index (κ1) is 40.3. The zero-order valence-electron chi connectivity index (χ0n) is 28.3. The van der Waals surface area contributed by atoms with Crippen LogP contribution in [0.3, 0.4) is 0 Å². The Hall–Kier alpha value is -5.91. The number of carbonyl (C=O) groups excluding carboxylic acids is 2. The molecule has 2 unspecified atom stereocenters.